The molecule has 2 aliphatic heterocycles. The van der Waals surface area contributed by atoms with Crippen LogP contribution < -0.4 is 4.90 Å². The molecule has 2 atom stereocenters. The van der Waals surface area contributed by atoms with Gasteiger partial charge in [-0.05, 0) is 31.0 Å². The number of hydrogen-bond donors (Lipinski definition) is 0. The van der Waals surface area contributed by atoms with Gasteiger partial charge in [0.2, 0.25) is 0 Å². The zero-order chi connectivity index (χ0) is 11.8. The van der Waals surface area contributed by atoms with Crippen molar-refractivity contribution >= 4 is 23.6 Å². The van der Waals surface area contributed by atoms with Crippen molar-refractivity contribution in [2.45, 2.75) is 25.0 Å². The molecule has 0 aromatic heterocycles. The van der Waals surface area contributed by atoms with Gasteiger partial charge in [0.05, 0.1) is 17.2 Å². The van der Waals surface area contributed by atoms with Crippen LogP contribution in [0.3, 0.4) is 0 Å². The third kappa shape index (κ3) is 2.05. The predicted octanol–water partition coefficient (Wildman–Crippen LogP) is 2.52. The van der Waals surface area contributed by atoms with Crippen molar-refractivity contribution < 1.29 is 9.53 Å². The number of ether oxygens (including phenoxy) is 1. The maximum atomic E-state index is 10.7. The third-order valence-electron chi connectivity index (χ3n) is 3.52. The molecule has 1 aromatic rings. The first-order valence-corrected chi connectivity index (χ1v) is 6.29. The fraction of sp³-hybridized carbons (Fsp3) is 0.462. The second kappa shape index (κ2) is 4.31. The molecule has 3 rings (SSSR count). The monoisotopic (exact) mass is 251 g/mol. The zero-order valence-electron chi connectivity index (χ0n) is 9.43. The molecular weight excluding hydrogens is 238 g/mol. The lowest BCUT2D eigenvalue weighted by molar-refractivity contribution is 0.0305. The van der Waals surface area contributed by atoms with Crippen LogP contribution in [-0.4, -0.2) is 31.6 Å². The van der Waals surface area contributed by atoms with Gasteiger partial charge in [0.25, 0.3) is 0 Å². The second-order valence-electron chi connectivity index (χ2n) is 4.69. The van der Waals surface area contributed by atoms with Crippen LogP contribution >= 0.6 is 11.6 Å². The molecule has 0 aliphatic carbocycles. The van der Waals surface area contributed by atoms with Crippen LogP contribution in [0.15, 0.2) is 18.2 Å². The molecule has 0 N–H and O–H groups in total. The summed E-state index contributed by atoms with van der Waals surface area (Å²) in [6.07, 6.45) is 3.81. The number of halogens is 1. The Morgan fingerprint density at radius 2 is 2.00 bits per heavy atom. The van der Waals surface area contributed by atoms with Crippen molar-refractivity contribution in [2.75, 3.05) is 18.0 Å². The Balaban J connectivity index is 1.84. The highest BCUT2D eigenvalue weighted by molar-refractivity contribution is 6.33. The van der Waals surface area contributed by atoms with E-state index in [-0.39, 0.29) is 0 Å². The van der Waals surface area contributed by atoms with E-state index in [1.807, 2.05) is 12.1 Å². The minimum Gasteiger partial charge on any atom is -0.371 e. The van der Waals surface area contributed by atoms with E-state index in [9.17, 15) is 4.79 Å². The predicted molar refractivity (Wildman–Crippen MR) is 66.9 cm³/mol. The van der Waals surface area contributed by atoms with E-state index in [4.69, 9.17) is 16.3 Å². The first-order valence-electron chi connectivity index (χ1n) is 5.91. The molecule has 0 spiro atoms. The Bertz CT molecular complexity index is 437. The van der Waals surface area contributed by atoms with Crippen LogP contribution in [-0.2, 0) is 4.74 Å². The van der Waals surface area contributed by atoms with Crippen LogP contribution in [0, 0.1) is 0 Å². The van der Waals surface area contributed by atoms with Gasteiger partial charge in [-0.1, -0.05) is 11.6 Å². The molecule has 2 bridgehead atoms. The van der Waals surface area contributed by atoms with Gasteiger partial charge >= 0.3 is 0 Å². The molecule has 2 saturated heterocycles. The van der Waals surface area contributed by atoms with E-state index in [1.165, 1.54) is 0 Å². The van der Waals surface area contributed by atoms with Crippen LogP contribution in [0.25, 0.3) is 0 Å². The van der Waals surface area contributed by atoms with Crippen molar-refractivity contribution in [2.24, 2.45) is 0 Å². The molecule has 90 valence electrons. The van der Waals surface area contributed by atoms with Crippen molar-refractivity contribution in [1.82, 2.24) is 0 Å². The average molecular weight is 252 g/mol. The molecular formula is C13H14ClNO2. The largest absolute Gasteiger partial charge is 0.371 e. The fourth-order valence-corrected chi connectivity index (χ4v) is 2.85. The third-order valence-corrected chi connectivity index (χ3v) is 3.85. The summed E-state index contributed by atoms with van der Waals surface area (Å²) < 4.78 is 5.79. The van der Waals surface area contributed by atoms with Crippen LogP contribution in [0.1, 0.15) is 23.2 Å². The lowest BCUT2D eigenvalue weighted by atomic mass is 10.2. The van der Waals surface area contributed by atoms with Gasteiger partial charge in [0.1, 0.15) is 0 Å². The first-order chi connectivity index (χ1) is 8.26. The van der Waals surface area contributed by atoms with Crippen LogP contribution in [0.4, 0.5) is 5.69 Å². The van der Waals surface area contributed by atoms with E-state index in [2.05, 4.69) is 4.90 Å². The van der Waals surface area contributed by atoms with E-state index < -0.39 is 0 Å². The first kappa shape index (κ1) is 11.1. The van der Waals surface area contributed by atoms with E-state index in [1.54, 1.807) is 6.07 Å². The fourth-order valence-electron chi connectivity index (χ4n) is 2.63. The second-order valence-corrected chi connectivity index (χ2v) is 5.09. The number of nitrogens with zero attached hydrogens (tertiary/aromatic N) is 1. The molecule has 2 unspecified atom stereocenters. The van der Waals surface area contributed by atoms with E-state index in [0.717, 1.165) is 37.9 Å². The molecule has 0 amide bonds. The number of hydrogen-bond acceptors (Lipinski definition) is 3. The molecule has 0 radical (unpaired) electrons. The van der Waals surface area contributed by atoms with Crippen LogP contribution in [0.5, 0.6) is 0 Å². The molecule has 4 heteroatoms. The molecule has 2 fully saturated rings. The number of rotatable bonds is 2. The maximum absolute atomic E-state index is 10.7. The Hall–Kier alpha value is -1.06. The Morgan fingerprint density at radius 3 is 2.59 bits per heavy atom. The Kier molecular flexibility index (Phi) is 2.81. The van der Waals surface area contributed by atoms with Crippen molar-refractivity contribution in [3.8, 4) is 0 Å². The number of benzene rings is 1. The van der Waals surface area contributed by atoms with Crippen molar-refractivity contribution in [3.05, 3.63) is 28.8 Å². The average Bonchev–Trinajstić information content (AvgIpc) is 2.68. The Labute approximate surface area is 105 Å². The highest BCUT2D eigenvalue weighted by atomic mass is 35.5. The summed E-state index contributed by atoms with van der Waals surface area (Å²) in [6.45, 7) is 1.85. The number of anilines is 1. The molecule has 2 aliphatic rings. The smallest absolute Gasteiger partial charge is 0.151 e. The van der Waals surface area contributed by atoms with Crippen molar-refractivity contribution in [1.29, 1.82) is 0 Å². The number of carbonyl (C=O) groups excluding carboxylic acids is 1. The summed E-state index contributed by atoms with van der Waals surface area (Å²) in [7, 11) is 0. The molecule has 2 heterocycles. The normalized spacial score (nSPS) is 27.2. The number of morpholine rings is 1. The summed E-state index contributed by atoms with van der Waals surface area (Å²) in [6, 6.07) is 5.61. The summed E-state index contributed by atoms with van der Waals surface area (Å²) in [5, 5.41) is 0.524. The molecule has 1 aromatic carbocycles. The maximum Gasteiger partial charge on any atom is 0.151 e. The minimum atomic E-state index is 0.360. The molecule has 0 saturated carbocycles. The van der Waals surface area contributed by atoms with Gasteiger partial charge in [-0.3, -0.25) is 4.79 Å². The topological polar surface area (TPSA) is 29.5 Å². The van der Waals surface area contributed by atoms with E-state index in [0.29, 0.717) is 22.8 Å². The zero-order valence-corrected chi connectivity index (χ0v) is 10.2. The van der Waals surface area contributed by atoms with Gasteiger partial charge in [-0.15, -0.1) is 0 Å². The van der Waals surface area contributed by atoms with Crippen molar-refractivity contribution in [3.63, 3.8) is 0 Å². The SMILES string of the molecule is O=Cc1ccc(N2CC3CCC(C2)O3)cc1Cl. The number of aldehydes is 1. The standard InChI is InChI=1S/C13H14ClNO2/c14-13-5-10(2-1-9(13)8-16)15-6-11-3-4-12(7-15)17-11/h1-2,5,8,11-12H,3-4,6-7H2. The highest BCUT2D eigenvalue weighted by Gasteiger charge is 2.33. The lowest BCUT2D eigenvalue weighted by Crippen LogP contribution is -2.42. The van der Waals surface area contributed by atoms with Gasteiger partial charge in [0.15, 0.2) is 6.29 Å². The summed E-state index contributed by atoms with van der Waals surface area (Å²) >= 11 is 6.05. The lowest BCUT2D eigenvalue weighted by Gasteiger charge is -2.34. The number of carbonyl (C=O) groups is 1. The quantitative estimate of drug-likeness (QED) is 0.757. The number of fused-ring (bicyclic) bond motifs is 2. The molecule has 3 nitrogen and oxygen atoms in total. The summed E-state index contributed by atoms with van der Waals surface area (Å²) in [5.74, 6) is 0. The van der Waals surface area contributed by atoms with Crippen LogP contribution in [0.2, 0.25) is 5.02 Å². The van der Waals surface area contributed by atoms with Gasteiger partial charge in [0, 0.05) is 24.3 Å². The summed E-state index contributed by atoms with van der Waals surface area (Å²) in [4.78, 5) is 13.0. The minimum absolute atomic E-state index is 0.360. The van der Waals surface area contributed by atoms with E-state index >= 15 is 0 Å². The summed E-state index contributed by atoms with van der Waals surface area (Å²) in [5.41, 5.74) is 1.63. The van der Waals surface area contributed by atoms with Gasteiger partial charge in [-0.25, -0.2) is 0 Å². The van der Waals surface area contributed by atoms with Gasteiger partial charge in [-0.2, -0.15) is 0 Å². The molecule has 17 heavy (non-hydrogen) atoms. The highest BCUT2D eigenvalue weighted by Crippen LogP contribution is 2.31. The Morgan fingerprint density at radius 1 is 1.29 bits per heavy atom. The van der Waals surface area contributed by atoms with Gasteiger partial charge < -0.3 is 9.64 Å².